The highest BCUT2D eigenvalue weighted by Crippen LogP contribution is 2.29. The Balaban J connectivity index is 0.00000400. The van der Waals surface area contributed by atoms with Crippen LogP contribution in [0.2, 0.25) is 0 Å². The van der Waals surface area contributed by atoms with E-state index in [0.29, 0.717) is 5.56 Å². The molecule has 1 atom stereocenters. The van der Waals surface area contributed by atoms with E-state index in [4.69, 9.17) is 20.3 Å². The van der Waals surface area contributed by atoms with Crippen LogP contribution in [0.1, 0.15) is 19.4 Å². The van der Waals surface area contributed by atoms with Crippen molar-refractivity contribution in [1.82, 2.24) is 0 Å². The van der Waals surface area contributed by atoms with Crippen LogP contribution in [0.25, 0.3) is 0 Å². The molecule has 8 heteroatoms. The molecule has 3 N–H and O–H groups in total. The highest BCUT2D eigenvalue weighted by atomic mass is 35.5. The predicted molar refractivity (Wildman–Crippen MR) is 75.6 cm³/mol. The summed E-state index contributed by atoms with van der Waals surface area (Å²) in [6.07, 6.45) is 0.0595. The van der Waals surface area contributed by atoms with E-state index in [2.05, 4.69) is 0 Å². The highest BCUT2D eigenvalue weighted by molar-refractivity contribution is 5.85. The predicted octanol–water partition coefficient (Wildman–Crippen LogP) is 0.913. The summed E-state index contributed by atoms with van der Waals surface area (Å²) in [5.74, 6) is -2.15. The minimum atomic E-state index is -1.14. The second-order valence-electron chi connectivity index (χ2n) is 4.12. The molecule has 0 amide bonds. The molecular weight excluding hydrogens is 302 g/mol. The first-order chi connectivity index (χ1) is 9.29. The number of halogens is 1. The average molecular weight is 318 g/mol. The summed E-state index contributed by atoms with van der Waals surface area (Å²) in [4.78, 5) is 32.7. The van der Waals surface area contributed by atoms with Gasteiger partial charge in [-0.1, -0.05) is 6.07 Å². The molecule has 0 spiro atoms. The number of hydrogen-bond acceptors (Lipinski definition) is 6. The third kappa shape index (κ3) is 6.24. The maximum Gasteiger partial charge on any atom is 0.320 e. The van der Waals surface area contributed by atoms with Crippen molar-refractivity contribution >= 4 is 30.3 Å². The SMILES string of the molecule is CC(=O)Oc1ccc(CC(N)C(=O)O)cc1OC(C)=O.Cl. The Labute approximate surface area is 127 Å². The molecule has 0 heterocycles. The Hall–Kier alpha value is -2.12. The van der Waals surface area contributed by atoms with E-state index < -0.39 is 23.9 Å². The van der Waals surface area contributed by atoms with Gasteiger partial charge in [-0.3, -0.25) is 14.4 Å². The van der Waals surface area contributed by atoms with Gasteiger partial charge in [0.2, 0.25) is 0 Å². The first-order valence-corrected chi connectivity index (χ1v) is 5.77. The average Bonchev–Trinajstić information content (AvgIpc) is 2.31. The fourth-order valence-electron chi connectivity index (χ4n) is 1.49. The van der Waals surface area contributed by atoms with Gasteiger partial charge < -0.3 is 20.3 Å². The van der Waals surface area contributed by atoms with Gasteiger partial charge >= 0.3 is 17.9 Å². The Morgan fingerprint density at radius 3 is 2.14 bits per heavy atom. The number of rotatable bonds is 5. The fraction of sp³-hybridized carbons (Fsp3) is 0.308. The van der Waals surface area contributed by atoms with Crippen LogP contribution in [0.15, 0.2) is 18.2 Å². The zero-order valence-corrected chi connectivity index (χ0v) is 12.3. The quantitative estimate of drug-likeness (QED) is 0.612. The standard InChI is InChI=1S/C13H15NO6.ClH/c1-7(15)19-11-4-3-9(5-10(14)13(17)18)6-12(11)20-8(2)16;/h3-4,6,10H,5,14H2,1-2H3,(H,17,18);1H. The van der Waals surface area contributed by atoms with Crippen molar-refractivity contribution < 1.29 is 29.0 Å². The topological polar surface area (TPSA) is 116 Å². The summed E-state index contributed by atoms with van der Waals surface area (Å²) >= 11 is 0. The second kappa shape index (κ2) is 8.23. The zero-order chi connectivity index (χ0) is 15.3. The van der Waals surface area contributed by atoms with Gasteiger partial charge in [-0.05, 0) is 24.1 Å². The molecule has 0 radical (unpaired) electrons. The Morgan fingerprint density at radius 1 is 1.14 bits per heavy atom. The lowest BCUT2D eigenvalue weighted by molar-refractivity contribution is -0.138. The van der Waals surface area contributed by atoms with Gasteiger partial charge in [-0.15, -0.1) is 12.4 Å². The normalized spacial score (nSPS) is 11.0. The van der Waals surface area contributed by atoms with Crippen LogP contribution < -0.4 is 15.2 Å². The van der Waals surface area contributed by atoms with E-state index in [9.17, 15) is 14.4 Å². The van der Waals surface area contributed by atoms with E-state index in [0.717, 1.165) is 0 Å². The van der Waals surface area contributed by atoms with Crippen molar-refractivity contribution in [2.75, 3.05) is 0 Å². The van der Waals surface area contributed by atoms with E-state index >= 15 is 0 Å². The van der Waals surface area contributed by atoms with Gasteiger partial charge in [0.25, 0.3) is 0 Å². The highest BCUT2D eigenvalue weighted by Gasteiger charge is 2.15. The smallest absolute Gasteiger partial charge is 0.320 e. The molecule has 0 bridgehead atoms. The summed E-state index contributed by atoms with van der Waals surface area (Å²) in [5.41, 5.74) is 5.97. The molecule has 1 aromatic carbocycles. The lowest BCUT2D eigenvalue weighted by Gasteiger charge is -2.11. The molecule has 0 saturated carbocycles. The van der Waals surface area contributed by atoms with Crippen LogP contribution in [-0.4, -0.2) is 29.1 Å². The van der Waals surface area contributed by atoms with Gasteiger partial charge in [-0.2, -0.15) is 0 Å². The van der Waals surface area contributed by atoms with Crippen molar-refractivity contribution in [3.63, 3.8) is 0 Å². The summed E-state index contributed by atoms with van der Waals surface area (Å²) in [6.45, 7) is 2.42. The number of aliphatic carboxylic acids is 1. The number of nitrogens with two attached hydrogens (primary N) is 1. The molecule has 0 aliphatic heterocycles. The van der Waals surface area contributed by atoms with Gasteiger partial charge in [0, 0.05) is 13.8 Å². The first-order valence-electron chi connectivity index (χ1n) is 5.77. The third-order valence-corrected chi connectivity index (χ3v) is 2.29. The lowest BCUT2D eigenvalue weighted by atomic mass is 10.1. The van der Waals surface area contributed by atoms with Crippen LogP contribution in [0, 0.1) is 0 Å². The number of benzene rings is 1. The number of carbonyl (C=O) groups is 3. The van der Waals surface area contributed by atoms with E-state index in [1.54, 1.807) is 6.07 Å². The van der Waals surface area contributed by atoms with Crippen molar-refractivity contribution in [2.24, 2.45) is 5.73 Å². The Kier molecular flexibility index (Phi) is 7.40. The van der Waals surface area contributed by atoms with Gasteiger partial charge in [0.15, 0.2) is 11.5 Å². The summed E-state index contributed by atoms with van der Waals surface area (Å²) < 4.78 is 9.81. The zero-order valence-electron chi connectivity index (χ0n) is 11.5. The molecule has 0 aromatic heterocycles. The van der Waals surface area contributed by atoms with Crippen molar-refractivity contribution in [1.29, 1.82) is 0 Å². The molecule has 21 heavy (non-hydrogen) atoms. The number of carboxylic acids is 1. The minimum absolute atomic E-state index is 0. The molecule has 0 fully saturated rings. The van der Waals surface area contributed by atoms with Crippen LogP contribution >= 0.6 is 12.4 Å². The van der Waals surface area contributed by atoms with E-state index in [-0.39, 0.29) is 30.3 Å². The number of hydrogen-bond donors (Lipinski definition) is 2. The van der Waals surface area contributed by atoms with Crippen molar-refractivity contribution in [2.45, 2.75) is 26.3 Å². The molecule has 1 aromatic rings. The Morgan fingerprint density at radius 2 is 1.67 bits per heavy atom. The fourth-order valence-corrected chi connectivity index (χ4v) is 1.49. The van der Waals surface area contributed by atoms with E-state index in [1.807, 2.05) is 0 Å². The lowest BCUT2D eigenvalue weighted by Crippen LogP contribution is -2.32. The number of carboxylic acid groups (broad SMARTS) is 1. The largest absolute Gasteiger partial charge is 0.480 e. The Bertz CT molecular complexity index is 545. The summed E-state index contributed by atoms with van der Waals surface area (Å²) in [7, 11) is 0. The first kappa shape index (κ1) is 18.9. The number of esters is 2. The summed E-state index contributed by atoms with van der Waals surface area (Å²) in [5, 5.41) is 8.75. The maximum atomic E-state index is 11.0. The molecule has 1 rings (SSSR count). The molecule has 7 nitrogen and oxygen atoms in total. The van der Waals surface area contributed by atoms with Gasteiger partial charge in [0.1, 0.15) is 6.04 Å². The summed E-state index contributed by atoms with van der Waals surface area (Å²) in [6, 6.07) is 3.32. The monoisotopic (exact) mass is 317 g/mol. The van der Waals surface area contributed by atoms with Crippen LogP contribution in [0.3, 0.4) is 0 Å². The molecule has 116 valence electrons. The molecular formula is C13H16ClNO6. The number of ether oxygens (including phenoxy) is 2. The third-order valence-electron chi connectivity index (χ3n) is 2.29. The van der Waals surface area contributed by atoms with E-state index in [1.165, 1.54) is 26.0 Å². The van der Waals surface area contributed by atoms with Gasteiger partial charge in [-0.25, -0.2) is 0 Å². The van der Waals surface area contributed by atoms with Gasteiger partial charge in [0.05, 0.1) is 0 Å². The molecule has 0 saturated heterocycles. The van der Waals surface area contributed by atoms with Crippen LogP contribution in [-0.2, 0) is 20.8 Å². The number of carbonyl (C=O) groups excluding carboxylic acids is 2. The molecule has 1 unspecified atom stereocenters. The second-order valence-corrected chi connectivity index (χ2v) is 4.12. The van der Waals surface area contributed by atoms with Crippen molar-refractivity contribution in [3.05, 3.63) is 23.8 Å². The molecule has 0 aliphatic carbocycles. The maximum absolute atomic E-state index is 11.0. The van der Waals surface area contributed by atoms with Crippen LogP contribution in [0.4, 0.5) is 0 Å². The van der Waals surface area contributed by atoms with Crippen molar-refractivity contribution in [3.8, 4) is 11.5 Å². The van der Waals surface area contributed by atoms with Crippen LogP contribution in [0.5, 0.6) is 11.5 Å². The minimum Gasteiger partial charge on any atom is -0.480 e. The molecule has 0 aliphatic rings.